The van der Waals surface area contributed by atoms with E-state index in [1.807, 2.05) is 32.9 Å². The van der Waals surface area contributed by atoms with Gasteiger partial charge in [0, 0.05) is 35.0 Å². The molecule has 1 fully saturated rings. The molecule has 0 aliphatic carbocycles. The fourth-order valence-corrected chi connectivity index (χ4v) is 5.75. The molecule has 0 atom stereocenters. The fraction of sp³-hybridized carbons (Fsp3) is 0.552. The van der Waals surface area contributed by atoms with E-state index in [0.29, 0.717) is 63.6 Å². The minimum atomic E-state index is -0.727. The van der Waals surface area contributed by atoms with E-state index >= 15 is 0 Å². The Bertz CT molecular complexity index is 1580. The average Bonchev–Trinajstić information content (AvgIpc) is 3.53. The van der Waals surface area contributed by atoms with Crippen LogP contribution in [-0.4, -0.2) is 89.1 Å². The smallest absolute Gasteiger partial charge is 0.407 e. The number of hydrogen-bond donors (Lipinski definition) is 2. The van der Waals surface area contributed by atoms with Gasteiger partial charge in [0.25, 0.3) is 0 Å². The topological polar surface area (TPSA) is 133 Å². The predicted molar refractivity (Wildman–Crippen MR) is 176 cm³/mol. The van der Waals surface area contributed by atoms with Crippen LogP contribution in [-0.2, 0) is 33.9 Å². The van der Waals surface area contributed by atoms with Gasteiger partial charge in [-0.25, -0.2) is 9.78 Å². The second-order valence-corrected chi connectivity index (χ2v) is 16.4. The number of nitrogens with zero attached hydrogens (tertiary/aromatic N) is 7. The molecule has 5 rings (SSSR count). The van der Waals surface area contributed by atoms with Crippen LogP contribution in [0.1, 0.15) is 32.2 Å². The second kappa shape index (κ2) is 14.2. The van der Waals surface area contributed by atoms with Crippen molar-refractivity contribution in [3.05, 3.63) is 40.3 Å². The van der Waals surface area contributed by atoms with Crippen molar-refractivity contribution >= 4 is 59.4 Å². The number of carbonyl (C=O) groups excluding carboxylic acids is 1. The van der Waals surface area contributed by atoms with E-state index in [2.05, 4.69) is 60.3 Å². The number of aromatic nitrogens is 6. The normalized spacial score (nSPS) is 14.1. The number of morpholine rings is 1. The summed E-state index contributed by atoms with van der Waals surface area (Å²) in [5.41, 5.74) is 3.08. The molecule has 0 spiro atoms. The molecular weight excluding hydrogens is 646 g/mol. The van der Waals surface area contributed by atoms with Crippen molar-refractivity contribution in [2.24, 2.45) is 0 Å². The molecule has 1 saturated heterocycles. The van der Waals surface area contributed by atoms with Crippen molar-refractivity contribution in [1.82, 2.24) is 34.4 Å². The van der Waals surface area contributed by atoms with Crippen LogP contribution in [0.2, 0.25) is 19.1 Å². The Labute approximate surface area is 267 Å². The van der Waals surface area contributed by atoms with Crippen LogP contribution in [0.25, 0.3) is 16.7 Å². The van der Waals surface area contributed by atoms with E-state index in [1.54, 1.807) is 10.7 Å². The molecule has 238 valence electrons. The quantitative estimate of drug-likeness (QED) is 0.165. The number of halogens is 1. The first-order valence-corrected chi connectivity index (χ1v) is 19.0. The monoisotopic (exact) mass is 687 g/mol. The van der Waals surface area contributed by atoms with Crippen LogP contribution >= 0.6 is 15.9 Å². The lowest BCUT2D eigenvalue weighted by molar-refractivity contribution is 0.0528. The standard InChI is InChI=1S/C29H42BrN9O4Si/c1-29(2,3)43-28(40)31-9-8-20-6-7-22-23(16-20)38(19-42-14-15-44(4)5)24(34-22)18-32-26-36-27(37-10-12-41-13-11-37)35-25-21(30)17-33-39(25)26/h6-7,16-17,44H,8-15,18-19H2,1-5H3,(H,31,40)(H,32,35,36). The molecule has 0 unspecified atom stereocenters. The van der Waals surface area contributed by atoms with E-state index in [-0.39, 0.29) is 0 Å². The number of alkyl carbamates (subject to hydrolysis) is 1. The van der Waals surface area contributed by atoms with Crippen molar-refractivity contribution in [3.63, 3.8) is 0 Å². The number of hydrogen-bond acceptors (Lipinski definition) is 10. The van der Waals surface area contributed by atoms with Gasteiger partial charge < -0.3 is 34.3 Å². The Morgan fingerprint density at radius 2 is 1.95 bits per heavy atom. The van der Waals surface area contributed by atoms with Gasteiger partial charge in [0.2, 0.25) is 11.9 Å². The Morgan fingerprint density at radius 3 is 2.70 bits per heavy atom. The summed E-state index contributed by atoms with van der Waals surface area (Å²) in [4.78, 5) is 28.8. The predicted octanol–water partition coefficient (Wildman–Crippen LogP) is 4.21. The Balaban J connectivity index is 1.37. The number of amides is 1. The molecule has 0 radical (unpaired) electrons. The largest absolute Gasteiger partial charge is 0.444 e. The maximum Gasteiger partial charge on any atom is 0.407 e. The molecule has 3 aromatic heterocycles. The Kier molecular flexibility index (Phi) is 10.4. The molecule has 44 heavy (non-hydrogen) atoms. The van der Waals surface area contributed by atoms with Gasteiger partial charge in [-0.05, 0) is 66.9 Å². The molecule has 0 bridgehead atoms. The molecule has 1 aromatic carbocycles. The average molecular weight is 689 g/mol. The molecule has 1 aliphatic heterocycles. The maximum atomic E-state index is 12.1. The zero-order chi connectivity index (χ0) is 31.3. The van der Waals surface area contributed by atoms with Gasteiger partial charge in [0.1, 0.15) is 18.2 Å². The van der Waals surface area contributed by atoms with Crippen LogP contribution in [0.5, 0.6) is 0 Å². The molecular formula is C29H42BrN9O4Si. The molecule has 4 aromatic rings. The van der Waals surface area contributed by atoms with Gasteiger partial charge in [-0.1, -0.05) is 19.2 Å². The van der Waals surface area contributed by atoms with E-state index in [1.165, 1.54) is 0 Å². The zero-order valence-electron chi connectivity index (χ0n) is 26.1. The van der Waals surface area contributed by atoms with Gasteiger partial charge in [0.15, 0.2) is 5.65 Å². The highest BCUT2D eigenvalue weighted by molar-refractivity contribution is 9.10. The first-order chi connectivity index (χ1) is 21.1. The van der Waals surface area contributed by atoms with E-state index < -0.39 is 20.5 Å². The molecule has 4 heterocycles. The van der Waals surface area contributed by atoms with Crippen LogP contribution in [0.15, 0.2) is 28.9 Å². The minimum absolute atomic E-state index is 0.389. The number of fused-ring (bicyclic) bond motifs is 2. The molecule has 0 saturated carbocycles. The van der Waals surface area contributed by atoms with Crippen molar-refractivity contribution in [2.45, 2.75) is 65.2 Å². The first kappa shape index (κ1) is 32.1. The number of imidazole rings is 1. The summed E-state index contributed by atoms with van der Waals surface area (Å²) < 4.78 is 21.6. The second-order valence-electron chi connectivity index (χ2n) is 12.2. The highest BCUT2D eigenvalue weighted by Crippen LogP contribution is 2.24. The first-order valence-electron chi connectivity index (χ1n) is 15.1. The summed E-state index contributed by atoms with van der Waals surface area (Å²) in [6, 6.07) is 7.29. The molecule has 1 aliphatic rings. The summed E-state index contributed by atoms with van der Waals surface area (Å²) >= 11 is 3.58. The summed E-state index contributed by atoms with van der Waals surface area (Å²) in [5, 5.41) is 10.8. The molecule has 13 nitrogen and oxygen atoms in total. The zero-order valence-corrected chi connectivity index (χ0v) is 28.8. The van der Waals surface area contributed by atoms with Gasteiger partial charge in [-0.2, -0.15) is 19.6 Å². The minimum Gasteiger partial charge on any atom is -0.444 e. The third-order valence-electron chi connectivity index (χ3n) is 7.05. The van der Waals surface area contributed by atoms with Gasteiger partial charge >= 0.3 is 6.09 Å². The number of anilines is 2. The number of ether oxygens (including phenoxy) is 3. The van der Waals surface area contributed by atoms with Crippen molar-refractivity contribution in [1.29, 1.82) is 0 Å². The Morgan fingerprint density at radius 1 is 1.16 bits per heavy atom. The number of carbonyl (C=O) groups is 1. The summed E-state index contributed by atoms with van der Waals surface area (Å²) in [6.07, 6.45) is 1.96. The maximum absolute atomic E-state index is 12.1. The number of benzene rings is 1. The third kappa shape index (κ3) is 8.25. The van der Waals surface area contributed by atoms with Crippen molar-refractivity contribution < 1.29 is 19.0 Å². The van der Waals surface area contributed by atoms with Crippen molar-refractivity contribution in [3.8, 4) is 0 Å². The lowest BCUT2D eigenvalue weighted by Crippen LogP contribution is -2.37. The van der Waals surface area contributed by atoms with Crippen LogP contribution in [0.3, 0.4) is 0 Å². The van der Waals surface area contributed by atoms with Crippen molar-refractivity contribution in [2.75, 3.05) is 49.7 Å². The third-order valence-corrected chi connectivity index (χ3v) is 9.00. The number of nitrogens with one attached hydrogen (secondary N) is 2. The highest BCUT2D eigenvalue weighted by Gasteiger charge is 2.20. The molecule has 1 amide bonds. The molecule has 15 heteroatoms. The van der Waals surface area contributed by atoms with Gasteiger partial charge in [-0.15, -0.1) is 0 Å². The summed E-state index contributed by atoms with van der Waals surface area (Å²) in [7, 11) is -0.727. The Hall–Kier alpha value is -3.27. The van der Waals surface area contributed by atoms with Crippen LogP contribution in [0, 0.1) is 0 Å². The van der Waals surface area contributed by atoms with E-state index in [4.69, 9.17) is 29.2 Å². The fourth-order valence-electron chi connectivity index (χ4n) is 4.77. The number of rotatable bonds is 12. The summed E-state index contributed by atoms with van der Waals surface area (Å²) in [6.45, 7) is 14.9. The van der Waals surface area contributed by atoms with Crippen LogP contribution in [0.4, 0.5) is 16.7 Å². The van der Waals surface area contributed by atoms with E-state index in [9.17, 15) is 4.79 Å². The highest BCUT2D eigenvalue weighted by atomic mass is 79.9. The van der Waals surface area contributed by atoms with E-state index in [0.717, 1.165) is 46.0 Å². The lowest BCUT2D eigenvalue weighted by atomic mass is 10.1. The lowest BCUT2D eigenvalue weighted by Gasteiger charge is -2.27. The van der Waals surface area contributed by atoms with Gasteiger partial charge in [-0.3, -0.25) is 0 Å². The van der Waals surface area contributed by atoms with Gasteiger partial charge in [0.05, 0.1) is 41.5 Å². The summed E-state index contributed by atoms with van der Waals surface area (Å²) in [5.74, 6) is 2.02. The SMILES string of the molecule is C[SiH](C)CCOCn1c(CNc2nc(N3CCOCC3)nc3c(Br)cnn23)nc2ccc(CCNC(=O)OC(C)(C)C)cc21. The molecule has 2 N–H and O–H groups in total. The van der Waals surface area contributed by atoms with Crippen LogP contribution < -0.4 is 15.5 Å².